The topological polar surface area (TPSA) is 76.4 Å². The minimum atomic E-state index is -0.258. The van der Waals surface area contributed by atoms with Crippen LogP contribution >= 0.6 is 0 Å². The van der Waals surface area contributed by atoms with E-state index in [2.05, 4.69) is 28.8 Å². The Balaban J connectivity index is 1.45. The van der Waals surface area contributed by atoms with Crippen LogP contribution in [0.2, 0.25) is 0 Å². The summed E-state index contributed by atoms with van der Waals surface area (Å²) in [5.74, 6) is 3.18. The lowest BCUT2D eigenvalue weighted by Gasteiger charge is -2.35. The summed E-state index contributed by atoms with van der Waals surface area (Å²) in [6.45, 7) is 8.79. The monoisotopic (exact) mass is 480 g/mol. The highest BCUT2D eigenvalue weighted by molar-refractivity contribution is 5.76. The molecule has 1 fully saturated rings. The molecule has 0 bridgehead atoms. The second-order valence-corrected chi connectivity index (χ2v) is 9.33. The molecule has 186 valence electrons. The molecule has 1 amide bonds. The van der Waals surface area contributed by atoms with Gasteiger partial charge in [-0.05, 0) is 49.1 Å². The highest BCUT2D eigenvalue weighted by atomic mass is 19.1. The van der Waals surface area contributed by atoms with Gasteiger partial charge in [-0.3, -0.25) is 4.79 Å². The van der Waals surface area contributed by atoms with E-state index < -0.39 is 0 Å². The van der Waals surface area contributed by atoms with E-state index in [0.717, 1.165) is 35.8 Å². The maximum Gasteiger partial charge on any atom is 0.244 e. The summed E-state index contributed by atoms with van der Waals surface area (Å²) >= 11 is 0. The van der Waals surface area contributed by atoms with Crippen molar-refractivity contribution >= 4 is 11.7 Å². The van der Waals surface area contributed by atoms with Crippen LogP contribution in [0.5, 0.6) is 5.75 Å². The molecule has 1 aliphatic rings. The number of halogens is 1. The molecule has 2 aromatic heterocycles. The zero-order chi connectivity index (χ0) is 24.9. The first-order valence-corrected chi connectivity index (χ1v) is 12.1. The molecule has 3 heterocycles. The summed E-state index contributed by atoms with van der Waals surface area (Å²) in [7, 11) is 1.64. The maximum absolute atomic E-state index is 13.8. The van der Waals surface area contributed by atoms with Gasteiger partial charge in [0.05, 0.1) is 7.11 Å². The molecule has 0 atom stereocenters. The molecule has 0 unspecified atom stereocenters. The lowest BCUT2D eigenvalue weighted by Crippen LogP contribution is -2.50. The van der Waals surface area contributed by atoms with Crippen molar-refractivity contribution in [1.82, 2.24) is 24.6 Å². The van der Waals surface area contributed by atoms with E-state index in [1.165, 1.54) is 6.07 Å². The molecular weight excluding hydrogens is 447 g/mol. The maximum atomic E-state index is 13.8. The van der Waals surface area contributed by atoms with Crippen molar-refractivity contribution in [3.8, 4) is 17.1 Å². The summed E-state index contributed by atoms with van der Waals surface area (Å²) in [4.78, 5) is 26.4. The number of carbonyl (C=O) groups is 1. The Labute approximate surface area is 205 Å². The summed E-state index contributed by atoms with van der Waals surface area (Å²) < 4.78 is 20.8. The molecule has 9 heteroatoms. The van der Waals surface area contributed by atoms with Crippen molar-refractivity contribution in [3.63, 3.8) is 0 Å². The third-order valence-electron chi connectivity index (χ3n) is 6.30. The number of hydrogen-bond acceptors (Lipinski definition) is 6. The van der Waals surface area contributed by atoms with E-state index in [4.69, 9.17) is 9.72 Å². The standard InChI is InChI=1S/C26H33FN6O2/c1-18(2)5-8-23-29-26(20-6-7-22(27)19(3)15-20)30-33(23)17-25(34)32-13-11-31(12-14-32)24-16-21(35-4)9-10-28-24/h6-7,9-10,15-16,18H,5,8,11-14,17H2,1-4H3. The molecule has 35 heavy (non-hydrogen) atoms. The number of pyridine rings is 1. The number of carbonyl (C=O) groups excluding carboxylic acids is 1. The van der Waals surface area contributed by atoms with Gasteiger partial charge in [-0.15, -0.1) is 0 Å². The number of aryl methyl sites for hydroxylation is 2. The Morgan fingerprint density at radius 1 is 1.14 bits per heavy atom. The number of amides is 1. The first-order chi connectivity index (χ1) is 16.8. The van der Waals surface area contributed by atoms with Gasteiger partial charge in [0.25, 0.3) is 0 Å². The van der Waals surface area contributed by atoms with Crippen LogP contribution in [-0.4, -0.2) is 63.8 Å². The number of benzene rings is 1. The molecular formula is C26H33FN6O2. The molecule has 0 radical (unpaired) electrons. The minimum Gasteiger partial charge on any atom is -0.497 e. The van der Waals surface area contributed by atoms with Crippen molar-refractivity contribution in [1.29, 1.82) is 0 Å². The Morgan fingerprint density at radius 3 is 2.60 bits per heavy atom. The zero-order valence-corrected chi connectivity index (χ0v) is 20.9. The Kier molecular flexibility index (Phi) is 7.63. The number of methoxy groups -OCH3 is 1. The fourth-order valence-electron chi connectivity index (χ4n) is 4.12. The second-order valence-electron chi connectivity index (χ2n) is 9.33. The minimum absolute atomic E-state index is 0.0146. The van der Waals surface area contributed by atoms with Gasteiger partial charge >= 0.3 is 0 Å². The Bertz CT molecular complexity index is 1170. The molecule has 0 spiro atoms. The van der Waals surface area contributed by atoms with Crippen LogP contribution in [0.3, 0.4) is 0 Å². The van der Waals surface area contributed by atoms with Gasteiger partial charge in [-0.1, -0.05) is 13.8 Å². The van der Waals surface area contributed by atoms with E-state index in [-0.39, 0.29) is 18.3 Å². The quantitative estimate of drug-likeness (QED) is 0.489. The van der Waals surface area contributed by atoms with Crippen LogP contribution < -0.4 is 9.64 Å². The van der Waals surface area contributed by atoms with E-state index in [9.17, 15) is 9.18 Å². The highest BCUT2D eigenvalue weighted by Crippen LogP contribution is 2.22. The predicted octanol–water partition coefficient (Wildman–Crippen LogP) is 3.73. The Morgan fingerprint density at radius 2 is 1.91 bits per heavy atom. The van der Waals surface area contributed by atoms with E-state index in [0.29, 0.717) is 43.5 Å². The zero-order valence-electron chi connectivity index (χ0n) is 20.9. The van der Waals surface area contributed by atoms with E-state index in [1.807, 2.05) is 17.0 Å². The van der Waals surface area contributed by atoms with Gasteiger partial charge in [0, 0.05) is 50.4 Å². The normalized spacial score (nSPS) is 14.0. The molecule has 0 N–H and O–H groups in total. The second kappa shape index (κ2) is 10.8. The lowest BCUT2D eigenvalue weighted by molar-refractivity contribution is -0.132. The van der Waals surface area contributed by atoms with Gasteiger partial charge in [-0.25, -0.2) is 19.0 Å². The van der Waals surface area contributed by atoms with Crippen LogP contribution in [0.4, 0.5) is 10.2 Å². The number of hydrogen-bond donors (Lipinski definition) is 0. The molecule has 4 rings (SSSR count). The number of nitrogens with zero attached hydrogens (tertiary/aromatic N) is 6. The van der Waals surface area contributed by atoms with Crippen LogP contribution in [0.1, 0.15) is 31.7 Å². The van der Waals surface area contributed by atoms with Gasteiger partial charge in [0.1, 0.15) is 29.8 Å². The fraction of sp³-hybridized carbons (Fsp3) is 0.462. The smallest absolute Gasteiger partial charge is 0.244 e. The average molecular weight is 481 g/mol. The number of anilines is 1. The molecule has 0 aliphatic carbocycles. The summed E-state index contributed by atoms with van der Waals surface area (Å²) in [5, 5.41) is 4.65. The summed E-state index contributed by atoms with van der Waals surface area (Å²) in [6.07, 6.45) is 3.41. The number of piperazine rings is 1. The average Bonchev–Trinajstić information content (AvgIpc) is 3.27. The summed E-state index contributed by atoms with van der Waals surface area (Å²) in [6, 6.07) is 8.59. The molecule has 1 aromatic carbocycles. The van der Waals surface area contributed by atoms with Gasteiger partial charge in [0.2, 0.25) is 5.91 Å². The molecule has 1 saturated heterocycles. The van der Waals surface area contributed by atoms with Crippen LogP contribution in [0.25, 0.3) is 11.4 Å². The third-order valence-corrected chi connectivity index (χ3v) is 6.30. The number of aromatic nitrogens is 4. The molecule has 8 nitrogen and oxygen atoms in total. The summed E-state index contributed by atoms with van der Waals surface area (Å²) in [5.41, 5.74) is 1.29. The van der Waals surface area contributed by atoms with Crippen LogP contribution in [-0.2, 0) is 17.8 Å². The first kappa shape index (κ1) is 24.6. The highest BCUT2D eigenvalue weighted by Gasteiger charge is 2.24. The molecule has 1 aliphatic heterocycles. The number of rotatable bonds is 8. The number of ether oxygens (including phenoxy) is 1. The Hall–Kier alpha value is -3.49. The van der Waals surface area contributed by atoms with Gasteiger partial charge in [-0.2, -0.15) is 5.10 Å². The van der Waals surface area contributed by atoms with Gasteiger partial charge < -0.3 is 14.5 Å². The lowest BCUT2D eigenvalue weighted by atomic mass is 10.1. The van der Waals surface area contributed by atoms with Crippen molar-refractivity contribution in [3.05, 3.63) is 53.7 Å². The molecule has 0 saturated carbocycles. The van der Waals surface area contributed by atoms with E-state index >= 15 is 0 Å². The van der Waals surface area contributed by atoms with Crippen molar-refractivity contribution in [2.75, 3.05) is 38.2 Å². The van der Waals surface area contributed by atoms with Gasteiger partial charge in [0.15, 0.2) is 5.82 Å². The molecule has 3 aromatic rings. The third kappa shape index (κ3) is 5.96. The van der Waals surface area contributed by atoms with Crippen molar-refractivity contribution in [2.45, 2.75) is 40.2 Å². The SMILES string of the molecule is COc1ccnc(N2CCN(C(=O)Cn3nc(-c4ccc(F)c(C)c4)nc3CCC(C)C)CC2)c1. The first-order valence-electron chi connectivity index (χ1n) is 12.1. The van der Waals surface area contributed by atoms with Crippen molar-refractivity contribution < 1.29 is 13.9 Å². The fourth-order valence-corrected chi connectivity index (χ4v) is 4.12. The largest absolute Gasteiger partial charge is 0.497 e. The van der Waals surface area contributed by atoms with Crippen LogP contribution in [0.15, 0.2) is 36.5 Å². The predicted molar refractivity (Wildman–Crippen MR) is 133 cm³/mol. The van der Waals surface area contributed by atoms with Crippen molar-refractivity contribution in [2.24, 2.45) is 5.92 Å². The van der Waals surface area contributed by atoms with Crippen LogP contribution in [0, 0.1) is 18.7 Å². The van der Waals surface area contributed by atoms with E-state index in [1.54, 1.807) is 37.0 Å².